The summed E-state index contributed by atoms with van der Waals surface area (Å²) in [6, 6.07) is 8.16. The highest BCUT2D eigenvalue weighted by atomic mass is 16.5. The first-order valence-electron chi connectivity index (χ1n) is 6.67. The molecule has 0 aromatic heterocycles. The Morgan fingerprint density at radius 3 is 2.42 bits per heavy atom. The van der Waals surface area contributed by atoms with E-state index in [1.165, 1.54) is 0 Å². The Morgan fingerprint density at radius 1 is 1.26 bits per heavy atom. The predicted molar refractivity (Wildman–Crippen MR) is 76.9 cm³/mol. The summed E-state index contributed by atoms with van der Waals surface area (Å²) in [6.07, 6.45) is 0.129. The van der Waals surface area contributed by atoms with Gasteiger partial charge in [0, 0.05) is 18.2 Å². The topological polar surface area (TPSA) is 55.6 Å². The second-order valence-electron chi connectivity index (χ2n) is 5.24. The molecular formula is C15H24N2O2. The fourth-order valence-corrected chi connectivity index (χ4v) is 1.84. The number of rotatable bonds is 7. The van der Waals surface area contributed by atoms with Crippen LogP contribution in [-0.4, -0.2) is 29.5 Å². The van der Waals surface area contributed by atoms with Crippen molar-refractivity contribution in [2.45, 2.75) is 46.4 Å². The number of ether oxygens (including phenoxy) is 1. The lowest BCUT2D eigenvalue weighted by atomic mass is 10.1. The average molecular weight is 264 g/mol. The van der Waals surface area contributed by atoms with E-state index in [0.29, 0.717) is 6.54 Å². The quantitative estimate of drug-likeness (QED) is 0.821. The van der Waals surface area contributed by atoms with E-state index in [1.54, 1.807) is 0 Å². The minimum atomic E-state index is -0.309. The normalized spacial score (nSPS) is 11.3. The van der Waals surface area contributed by atoms with Crippen molar-refractivity contribution in [3.8, 4) is 5.75 Å². The monoisotopic (exact) mass is 264 g/mol. The van der Waals surface area contributed by atoms with Crippen molar-refractivity contribution in [3.63, 3.8) is 0 Å². The highest BCUT2D eigenvalue weighted by Gasteiger charge is 2.15. The van der Waals surface area contributed by atoms with Crippen molar-refractivity contribution < 1.29 is 9.53 Å². The number of primary amides is 1. The van der Waals surface area contributed by atoms with Crippen LogP contribution in [0.4, 0.5) is 0 Å². The molecule has 0 aliphatic heterocycles. The molecule has 4 nitrogen and oxygen atoms in total. The summed E-state index contributed by atoms with van der Waals surface area (Å²) in [5.41, 5.74) is 6.37. The lowest BCUT2D eigenvalue weighted by molar-refractivity contribution is -0.119. The molecule has 0 saturated carbocycles. The highest BCUT2D eigenvalue weighted by Crippen LogP contribution is 2.21. The number of carbonyl (C=O) groups excluding carboxylic acids is 1. The van der Waals surface area contributed by atoms with E-state index in [2.05, 4.69) is 13.8 Å². The van der Waals surface area contributed by atoms with Gasteiger partial charge in [-0.25, -0.2) is 0 Å². The van der Waals surface area contributed by atoms with Gasteiger partial charge in [0.2, 0.25) is 5.91 Å². The zero-order chi connectivity index (χ0) is 14.4. The van der Waals surface area contributed by atoms with Gasteiger partial charge in [-0.15, -0.1) is 0 Å². The number of hydrogen-bond acceptors (Lipinski definition) is 3. The average Bonchev–Trinajstić information content (AvgIpc) is 2.29. The molecule has 4 heteroatoms. The first-order chi connectivity index (χ1) is 8.90. The van der Waals surface area contributed by atoms with Gasteiger partial charge >= 0.3 is 0 Å². The van der Waals surface area contributed by atoms with E-state index < -0.39 is 0 Å². The number of para-hydroxylation sites is 1. The molecule has 1 amide bonds. The number of nitrogens with two attached hydrogens (primary N) is 1. The Kier molecular flexibility index (Phi) is 5.83. The van der Waals surface area contributed by atoms with Crippen molar-refractivity contribution >= 4 is 5.91 Å². The van der Waals surface area contributed by atoms with E-state index in [4.69, 9.17) is 10.5 Å². The smallest absolute Gasteiger partial charge is 0.231 e. The molecule has 0 saturated heterocycles. The number of benzene rings is 1. The lowest BCUT2D eigenvalue weighted by Gasteiger charge is -2.26. The Hall–Kier alpha value is -1.55. The maximum atomic E-state index is 11.1. The Morgan fingerprint density at radius 2 is 1.89 bits per heavy atom. The van der Waals surface area contributed by atoms with Gasteiger partial charge in [-0.05, 0) is 33.8 Å². The zero-order valence-corrected chi connectivity index (χ0v) is 12.2. The molecule has 0 atom stereocenters. The van der Waals surface area contributed by atoms with Crippen LogP contribution in [-0.2, 0) is 11.3 Å². The summed E-state index contributed by atoms with van der Waals surface area (Å²) in [5, 5.41) is 0. The fraction of sp³-hybridized carbons (Fsp3) is 0.533. The summed E-state index contributed by atoms with van der Waals surface area (Å²) in [4.78, 5) is 13.1. The van der Waals surface area contributed by atoms with Crippen LogP contribution >= 0.6 is 0 Å². The molecule has 19 heavy (non-hydrogen) atoms. The van der Waals surface area contributed by atoms with E-state index in [9.17, 15) is 4.79 Å². The van der Waals surface area contributed by atoms with Gasteiger partial charge in [0.15, 0.2) is 0 Å². The van der Waals surface area contributed by atoms with Crippen LogP contribution in [0.5, 0.6) is 5.75 Å². The molecule has 0 heterocycles. The zero-order valence-electron chi connectivity index (χ0n) is 12.2. The number of nitrogens with zero attached hydrogens (tertiary/aromatic N) is 1. The van der Waals surface area contributed by atoms with Crippen molar-refractivity contribution in [2.75, 3.05) is 6.54 Å². The van der Waals surface area contributed by atoms with Gasteiger partial charge in [0.25, 0.3) is 0 Å². The minimum Gasteiger partial charge on any atom is -0.491 e. The number of hydrogen-bond donors (Lipinski definition) is 1. The van der Waals surface area contributed by atoms with Crippen molar-refractivity contribution in [1.29, 1.82) is 0 Å². The summed E-state index contributed by atoms with van der Waals surface area (Å²) in [5.74, 6) is 0.559. The van der Waals surface area contributed by atoms with Gasteiger partial charge in [0.05, 0.1) is 12.6 Å². The largest absolute Gasteiger partial charge is 0.491 e. The molecule has 0 bridgehead atoms. The van der Waals surface area contributed by atoms with E-state index in [0.717, 1.165) is 11.3 Å². The first-order valence-corrected chi connectivity index (χ1v) is 6.67. The Balaban J connectivity index is 2.86. The number of carbonyl (C=O) groups is 1. The van der Waals surface area contributed by atoms with Crippen LogP contribution in [0, 0.1) is 0 Å². The third kappa shape index (κ3) is 5.30. The lowest BCUT2D eigenvalue weighted by Crippen LogP contribution is -2.38. The molecule has 0 fully saturated rings. The van der Waals surface area contributed by atoms with Gasteiger partial charge in [-0.1, -0.05) is 18.2 Å². The second kappa shape index (κ2) is 7.14. The standard InChI is InChI=1S/C15H24N2O2/c1-11(2)17(10-15(16)18)9-13-7-5-6-8-14(13)19-12(3)4/h5-8,11-12H,9-10H2,1-4H3,(H2,16,18). The van der Waals surface area contributed by atoms with Gasteiger partial charge in [-0.3, -0.25) is 9.69 Å². The third-order valence-corrected chi connectivity index (χ3v) is 2.80. The molecule has 0 aliphatic carbocycles. The predicted octanol–water partition coefficient (Wildman–Crippen LogP) is 2.17. The summed E-state index contributed by atoms with van der Waals surface area (Å²) in [6.45, 7) is 9.02. The van der Waals surface area contributed by atoms with Crippen LogP contribution in [0.15, 0.2) is 24.3 Å². The Bertz CT molecular complexity index is 416. The highest BCUT2D eigenvalue weighted by molar-refractivity contribution is 5.75. The van der Waals surface area contributed by atoms with Gasteiger partial charge < -0.3 is 10.5 Å². The SMILES string of the molecule is CC(C)Oc1ccccc1CN(CC(N)=O)C(C)C. The molecule has 2 N–H and O–H groups in total. The molecule has 0 radical (unpaired) electrons. The first kappa shape index (κ1) is 15.5. The van der Waals surface area contributed by atoms with E-state index in [-0.39, 0.29) is 24.6 Å². The third-order valence-electron chi connectivity index (χ3n) is 2.80. The molecular weight excluding hydrogens is 240 g/mol. The number of amides is 1. The molecule has 0 aliphatic rings. The molecule has 0 unspecified atom stereocenters. The van der Waals surface area contributed by atoms with Crippen LogP contribution in [0.2, 0.25) is 0 Å². The maximum Gasteiger partial charge on any atom is 0.231 e. The van der Waals surface area contributed by atoms with Crippen LogP contribution in [0.3, 0.4) is 0 Å². The van der Waals surface area contributed by atoms with E-state index >= 15 is 0 Å². The van der Waals surface area contributed by atoms with Crippen LogP contribution < -0.4 is 10.5 Å². The van der Waals surface area contributed by atoms with Gasteiger partial charge in [0.1, 0.15) is 5.75 Å². The van der Waals surface area contributed by atoms with Crippen molar-refractivity contribution in [2.24, 2.45) is 5.73 Å². The van der Waals surface area contributed by atoms with Crippen LogP contribution in [0.25, 0.3) is 0 Å². The molecule has 1 rings (SSSR count). The second-order valence-corrected chi connectivity index (χ2v) is 5.24. The van der Waals surface area contributed by atoms with Crippen molar-refractivity contribution in [3.05, 3.63) is 29.8 Å². The fourth-order valence-electron chi connectivity index (χ4n) is 1.84. The van der Waals surface area contributed by atoms with Gasteiger partial charge in [-0.2, -0.15) is 0 Å². The summed E-state index contributed by atoms with van der Waals surface area (Å²) < 4.78 is 5.79. The molecule has 1 aromatic rings. The Labute approximate surface area is 115 Å². The van der Waals surface area contributed by atoms with Crippen LogP contribution in [0.1, 0.15) is 33.3 Å². The maximum absolute atomic E-state index is 11.1. The molecule has 0 spiro atoms. The molecule has 1 aromatic carbocycles. The summed E-state index contributed by atoms with van der Waals surface area (Å²) in [7, 11) is 0. The summed E-state index contributed by atoms with van der Waals surface area (Å²) >= 11 is 0. The minimum absolute atomic E-state index is 0.129. The molecule has 106 valence electrons. The van der Waals surface area contributed by atoms with Crippen molar-refractivity contribution in [1.82, 2.24) is 4.90 Å². The van der Waals surface area contributed by atoms with E-state index in [1.807, 2.05) is 43.0 Å².